The number of hydrogen-bond donors (Lipinski definition) is 1. The van der Waals surface area contributed by atoms with Crippen LogP contribution in [-0.2, 0) is 4.79 Å². The summed E-state index contributed by atoms with van der Waals surface area (Å²) in [6.07, 6.45) is 0.293. The van der Waals surface area contributed by atoms with Crippen molar-refractivity contribution in [3.05, 3.63) is 17.7 Å². The Morgan fingerprint density at radius 1 is 1.05 bits per heavy atom. The molecule has 1 aromatic rings. The van der Waals surface area contributed by atoms with Gasteiger partial charge in [0.15, 0.2) is 11.5 Å². The number of carbonyl (C=O) groups is 2. The van der Waals surface area contributed by atoms with Crippen LogP contribution in [0.15, 0.2) is 12.1 Å². The van der Waals surface area contributed by atoms with Crippen molar-refractivity contribution in [3.8, 4) is 17.2 Å². The third-order valence-electron chi connectivity index (χ3n) is 3.54. The molecule has 0 aliphatic carbocycles. The quantitative estimate of drug-likeness (QED) is 0.885. The average Bonchev–Trinajstić information content (AvgIpc) is 2.77. The molecule has 0 unspecified atom stereocenters. The summed E-state index contributed by atoms with van der Waals surface area (Å²) in [7, 11) is 4.52. The van der Waals surface area contributed by atoms with Crippen LogP contribution in [-0.4, -0.2) is 57.7 Å². The zero-order chi connectivity index (χ0) is 16.1. The Balaban J connectivity index is 2.33. The Kier molecular flexibility index (Phi) is 5.08. The summed E-state index contributed by atoms with van der Waals surface area (Å²) in [4.78, 5) is 25.7. The van der Waals surface area contributed by atoms with Gasteiger partial charge in [0, 0.05) is 38.2 Å². The van der Waals surface area contributed by atoms with Crippen molar-refractivity contribution in [1.82, 2.24) is 10.2 Å². The molecule has 0 aromatic heterocycles. The van der Waals surface area contributed by atoms with Crippen LogP contribution in [0.25, 0.3) is 0 Å². The van der Waals surface area contributed by atoms with Gasteiger partial charge in [0.25, 0.3) is 5.91 Å². The van der Waals surface area contributed by atoms with Crippen molar-refractivity contribution in [2.24, 2.45) is 0 Å². The largest absolute Gasteiger partial charge is 0.496 e. The predicted molar refractivity (Wildman–Crippen MR) is 79.6 cm³/mol. The Labute approximate surface area is 129 Å². The third-order valence-corrected chi connectivity index (χ3v) is 3.54. The van der Waals surface area contributed by atoms with E-state index < -0.39 is 0 Å². The van der Waals surface area contributed by atoms with E-state index in [2.05, 4.69) is 5.32 Å². The Hall–Kier alpha value is -2.44. The lowest BCUT2D eigenvalue weighted by Gasteiger charge is -2.21. The fourth-order valence-electron chi connectivity index (χ4n) is 2.34. The molecule has 1 aliphatic rings. The molecular weight excluding hydrogens is 288 g/mol. The smallest absolute Gasteiger partial charge is 0.257 e. The van der Waals surface area contributed by atoms with Crippen molar-refractivity contribution in [3.63, 3.8) is 0 Å². The van der Waals surface area contributed by atoms with Gasteiger partial charge in [0.05, 0.1) is 26.9 Å². The standard InChI is InChI=1S/C15H20N2O5/c1-20-11-9-13(22-3)12(21-2)8-10(11)15(19)17-6-4-14(18)16-5-7-17/h8-9H,4-7H2,1-3H3,(H,16,18). The van der Waals surface area contributed by atoms with Gasteiger partial charge in [0.2, 0.25) is 5.91 Å². The zero-order valence-electron chi connectivity index (χ0n) is 13.0. The number of amides is 2. The molecule has 1 aliphatic heterocycles. The molecule has 120 valence electrons. The number of ether oxygens (including phenoxy) is 3. The summed E-state index contributed by atoms with van der Waals surface area (Å²) in [6.45, 7) is 1.28. The molecule has 7 nitrogen and oxygen atoms in total. The molecule has 2 amide bonds. The van der Waals surface area contributed by atoms with Crippen molar-refractivity contribution in [2.45, 2.75) is 6.42 Å². The van der Waals surface area contributed by atoms with Gasteiger partial charge < -0.3 is 24.4 Å². The van der Waals surface area contributed by atoms with Crippen LogP contribution < -0.4 is 19.5 Å². The van der Waals surface area contributed by atoms with Gasteiger partial charge in [-0.1, -0.05) is 0 Å². The van der Waals surface area contributed by atoms with Crippen LogP contribution in [0.5, 0.6) is 17.2 Å². The van der Waals surface area contributed by atoms with Crippen LogP contribution in [0, 0.1) is 0 Å². The van der Waals surface area contributed by atoms with E-state index in [9.17, 15) is 9.59 Å². The second-order valence-electron chi connectivity index (χ2n) is 4.80. The van der Waals surface area contributed by atoms with E-state index in [1.807, 2.05) is 0 Å². The van der Waals surface area contributed by atoms with Gasteiger partial charge in [-0.15, -0.1) is 0 Å². The maximum atomic E-state index is 12.7. The minimum atomic E-state index is -0.200. The number of rotatable bonds is 4. The minimum absolute atomic E-state index is 0.0467. The molecule has 1 saturated heterocycles. The number of nitrogens with one attached hydrogen (secondary N) is 1. The Bertz CT molecular complexity index is 573. The fourth-order valence-corrected chi connectivity index (χ4v) is 2.34. The summed E-state index contributed by atoms with van der Waals surface area (Å²) in [5, 5.41) is 2.74. The SMILES string of the molecule is COc1cc(OC)c(C(=O)N2CCNC(=O)CC2)cc1OC. The minimum Gasteiger partial charge on any atom is -0.496 e. The highest BCUT2D eigenvalue weighted by molar-refractivity contribution is 5.98. The highest BCUT2D eigenvalue weighted by Crippen LogP contribution is 2.35. The number of carbonyl (C=O) groups excluding carboxylic acids is 2. The molecule has 1 N–H and O–H groups in total. The van der Waals surface area contributed by atoms with E-state index in [-0.39, 0.29) is 11.8 Å². The molecule has 0 bridgehead atoms. The molecule has 7 heteroatoms. The zero-order valence-corrected chi connectivity index (χ0v) is 13.0. The van der Waals surface area contributed by atoms with Crippen LogP contribution in [0.4, 0.5) is 0 Å². The monoisotopic (exact) mass is 308 g/mol. The first-order valence-electron chi connectivity index (χ1n) is 6.96. The van der Waals surface area contributed by atoms with E-state index in [1.54, 1.807) is 17.0 Å². The topological polar surface area (TPSA) is 77.1 Å². The van der Waals surface area contributed by atoms with E-state index in [4.69, 9.17) is 14.2 Å². The first-order valence-corrected chi connectivity index (χ1v) is 6.96. The maximum absolute atomic E-state index is 12.7. The lowest BCUT2D eigenvalue weighted by molar-refractivity contribution is -0.120. The van der Waals surface area contributed by atoms with Crippen molar-refractivity contribution >= 4 is 11.8 Å². The Morgan fingerprint density at radius 2 is 1.68 bits per heavy atom. The molecule has 22 heavy (non-hydrogen) atoms. The number of hydrogen-bond acceptors (Lipinski definition) is 5. The van der Waals surface area contributed by atoms with Crippen molar-refractivity contribution in [2.75, 3.05) is 41.0 Å². The first kappa shape index (κ1) is 15.9. The normalized spacial score (nSPS) is 14.9. The summed E-state index contributed by atoms with van der Waals surface area (Å²) in [6, 6.07) is 3.22. The van der Waals surface area contributed by atoms with Gasteiger partial charge in [-0.2, -0.15) is 0 Å². The summed E-state index contributed by atoms with van der Waals surface area (Å²) < 4.78 is 15.7. The highest BCUT2D eigenvalue weighted by Gasteiger charge is 2.24. The van der Waals surface area contributed by atoms with Crippen LogP contribution in [0.2, 0.25) is 0 Å². The summed E-state index contributed by atoms with van der Waals surface area (Å²) in [5.74, 6) is 1.11. The number of nitrogens with zero attached hydrogens (tertiary/aromatic N) is 1. The lowest BCUT2D eigenvalue weighted by atomic mass is 10.1. The molecule has 1 fully saturated rings. The Morgan fingerprint density at radius 3 is 2.32 bits per heavy atom. The summed E-state index contributed by atoms with van der Waals surface area (Å²) in [5.41, 5.74) is 0.384. The van der Waals surface area contributed by atoms with Crippen LogP contribution >= 0.6 is 0 Å². The van der Waals surface area contributed by atoms with E-state index in [0.717, 1.165) is 0 Å². The van der Waals surface area contributed by atoms with Gasteiger partial charge in [0.1, 0.15) is 5.75 Å². The van der Waals surface area contributed by atoms with Gasteiger partial charge in [-0.25, -0.2) is 0 Å². The molecule has 2 rings (SSSR count). The van der Waals surface area contributed by atoms with Gasteiger partial charge in [-0.3, -0.25) is 9.59 Å². The van der Waals surface area contributed by atoms with Crippen LogP contribution in [0.1, 0.15) is 16.8 Å². The molecule has 0 atom stereocenters. The first-order chi connectivity index (χ1) is 10.6. The van der Waals surface area contributed by atoms with Crippen molar-refractivity contribution < 1.29 is 23.8 Å². The van der Waals surface area contributed by atoms with E-state index in [1.165, 1.54) is 21.3 Å². The fraction of sp³-hybridized carbons (Fsp3) is 0.467. The van der Waals surface area contributed by atoms with Gasteiger partial charge in [-0.05, 0) is 0 Å². The third kappa shape index (κ3) is 3.24. The maximum Gasteiger partial charge on any atom is 0.257 e. The number of methoxy groups -OCH3 is 3. The molecular formula is C15H20N2O5. The van der Waals surface area contributed by atoms with E-state index >= 15 is 0 Å². The van der Waals surface area contributed by atoms with Crippen molar-refractivity contribution in [1.29, 1.82) is 0 Å². The average molecular weight is 308 g/mol. The predicted octanol–water partition coefficient (Wildman–Crippen LogP) is 0.674. The van der Waals surface area contributed by atoms with Crippen LogP contribution in [0.3, 0.4) is 0 Å². The highest BCUT2D eigenvalue weighted by atomic mass is 16.5. The second kappa shape index (κ2) is 7.02. The molecule has 1 heterocycles. The van der Waals surface area contributed by atoms with Gasteiger partial charge >= 0.3 is 0 Å². The summed E-state index contributed by atoms with van der Waals surface area (Å²) >= 11 is 0. The second-order valence-corrected chi connectivity index (χ2v) is 4.80. The molecule has 0 radical (unpaired) electrons. The molecule has 0 spiro atoms. The molecule has 0 saturated carbocycles. The number of benzene rings is 1. The molecule has 1 aromatic carbocycles. The lowest BCUT2D eigenvalue weighted by Crippen LogP contribution is -2.34. The van der Waals surface area contributed by atoms with E-state index in [0.29, 0.717) is 48.9 Å².